The average molecular weight is 316 g/mol. The Morgan fingerprint density at radius 2 is 2.38 bits per heavy atom. The van der Waals surface area contributed by atoms with Crippen molar-refractivity contribution in [1.29, 1.82) is 0 Å². The highest BCUT2D eigenvalue weighted by atomic mass is 79.9. The van der Waals surface area contributed by atoms with E-state index in [9.17, 15) is 0 Å². The van der Waals surface area contributed by atoms with Gasteiger partial charge in [0, 0.05) is 21.8 Å². The first-order valence-electron chi connectivity index (χ1n) is 4.64. The molecule has 0 spiro atoms. The second kappa shape index (κ2) is 5.70. The first-order chi connectivity index (χ1) is 7.79. The SMILES string of the molecule is COc1ccc(Br)c(CSc2nccs2)c1. The number of aromatic nitrogens is 1. The van der Waals surface area contributed by atoms with Gasteiger partial charge in [0.05, 0.1) is 7.11 Å². The Balaban J connectivity index is 2.08. The van der Waals surface area contributed by atoms with E-state index >= 15 is 0 Å². The molecule has 0 aliphatic rings. The molecule has 1 aromatic carbocycles. The fourth-order valence-electron chi connectivity index (χ4n) is 1.21. The van der Waals surface area contributed by atoms with Crippen LogP contribution in [0.2, 0.25) is 0 Å². The van der Waals surface area contributed by atoms with Gasteiger partial charge in [-0.1, -0.05) is 27.7 Å². The van der Waals surface area contributed by atoms with Gasteiger partial charge in [-0.05, 0) is 23.8 Å². The van der Waals surface area contributed by atoms with Crippen molar-refractivity contribution >= 4 is 39.0 Å². The van der Waals surface area contributed by atoms with Crippen molar-refractivity contribution in [3.63, 3.8) is 0 Å². The zero-order valence-electron chi connectivity index (χ0n) is 8.64. The van der Waals surface area contributed by atoms with Crippen molar-refractivity contribution in [2.45, 2.75) is 10.1 Å². The maximum absolute atomic E-state index is 5.20. The van der Waals surface area contributed by atoms with Gasteiger partial charge in [-0.15, -0.1) is 11.3 Å². The Hall–Kier alpha value is -0.520. The molecule has 1 aromatic heterocycles. The number of halogens is 1. The molecule has 0 bridgehead atoms. The van der Waals surface area contributed by atoms with Crippen LogP contribution in [-0.4, -0.2) is 12.1 Å². The molecule has 0 N–H and O–H groups in total. The minimum absolute atomic E-state index is 0.887. The van der Waals surface area contributed by atoms with Gasteiger partial charge in [0.2, 0.25) is 0 Å². The molecular weight excluding hydrogens is 306 g/mol. The second-order valence-electron chi connectivity index (χ2n) is 3.04. The largest absolute Gasteiger partial charge is 0.497 e. The molecule has 0 unspecified atom stereocenters. The first-order valence-corrected chi connectivity index (χ1v) is 7.30. The summed E-state index contributed by atoms with van der Waals surface area (Å²) in [5.41, 5.74) is 1.22. The summed E-state index contributed by atoms with van der Waals surface area (Å²) in [6.07, 6.45) is 1.83. The lowest BCUT2D eigenvalue weighted by atomic mass is 10.2. The number of benzene rings is 1. The van der Waals surface area contributed by atoms with Crippen LogP contribution < -0.4 is 4.74 Å². The van der Waals surface area contributed by atoms with Crippen LogP contribution in [0.25, 0.3) is 0 Å². The van der Waals surface area contributed by atoms with Crippen LogP contribution in [-0.2, 0) is 5.75 Å². The standard InChI is InChI=1S/C11H10BrNOS2/c1-14-9-2-3-10(12)8(6-9)7-16-11-13-4-5-15-11/h2-6H,7H2,1H3. The molecule has 0 amide bonds. The highest BCUT2D eigenvalue weighted by Crippen LogP contribution is 2.30. The van der Waals surface area contributed by atoms with Crippen molar-refractivity contribution in [2.24, 2.45) is 0 Å². The summed E-state index contributed by atoms with van der Waals surface area (Å²) in [5.74, 6) is 1.78. The van der Waals surface area contributed by atoms with Gasteiger partial charge >= 0.3 is 0 Å². The average Bonchev–Trinajstić information content (AvgIpc) is 2.81. The Morgan fingerprint density at radius 1 is 1.50 bits per heavy atom. The van der Waals surface area contributed by atoms with Gasteiger partial charge < -0.3 is 4.74 Å². The summed E-state index contributed by atoms with van der Waals surface area (Å²) >= 11 is 6.94. The van der Waals surface area contributed by atoms with Crippen LogP contribution in [0, 0.1) is 0 Å². The smallest absolute Gasteiger partial charge is 0.150 e. The molecule has 2 rings (SSSR count). The van der Waals surface area contributed by atoms with Gasteiger partial charge in [0.15, 0.2) is 0 Å². The van der Waals surface area contributed by atoms with E-state index in [4.69, 9.17) is 4.74 Å². The number of ether oxygens (including phenoxy) is 1. The second-order valence-corrected chi connectivity index (χ2v) is 6.02. The minimum atomic E-state index is 0.887. The quantitative estimate of drug-likeness (QED) is 0.789. The molecule has 0 fully saturated rings. The predicted molar refractivity (Wildman–Crippen MR) is 72.4 cm³/mol. The molecule has 16 heavy (non-hydrogen) atoms. The number of thioether (sulfide) groups is 1. The van der Waals surface area contributed by atoms with Crippen LogP contribution in [0.1, 0.15) is 5.56 Å². The molecule has 5 heteroatoms. The maximum atomic E-state index is 5.20. The fourth-order valence-corrected chi connectivity index (χ4v) is 3.41. The lowest BCUT2D eigenvalue weighted by Crippen LogP contribution is -1.87. The van der Waals surface area contributed by atoms with E-state index in [-0.39, 0.29) is 0 Å². The van der Waals surface area contributed by atoms with Gasteiger partial charge in [-0.3, -0.25) is 0 Å². The third-order valence-electron chi connectivity index (χ3n) is 2.01. The molecule has 2 nitrogen and oxygen atoms in total. The molecule has 0 aliphatic carbocycles. The van der Waals surface area contributed by atoms with Crippen LogP contribution in [0.15, 0.2) is 38.6 Å². The highest BCUT2D eigenvalue weighted by molar-refractivity contribution is 9.10. The third-order valence-corrected chi connectivity index (χ3v) is 4.80. The molecule has 2 aromatic rings. The predicted octanol–water partition coefficient (Wildman–Crippen LogP) is 4.21. The van der Waals surface area contributed by atoms with Crippen LogP contribution >= 0.6 is 39.0 Å². The van der Waals surface area contributed by atoms with Gasteiger partial charge in [0.1, 0.15) is 10.1 Å². The Kier molecular flexibility index (Phi) is 4.26. The molecule has 0 saturated heterocycles. The van der Waals surface area contributed by atoms with Crippen LogP contribution in [0.5, 0.6) is 5.75 Å². The molecule has 0 atom stereocenters. The molecule has 0 saturated carbocycles. The van der Waals surface area contributed by atoms with Crippen LogP contribution in [0.3, 0.4) is 0 Å². The number of thiazole rings is 1. The van der Waals surface area contributed by atoms with Gasteiger partial charge in [0.25, 0.3) is 0 Å². The van der Waals surface area contributed by atoms with E-state index in [0.29, 0.717) is 0 Å². The van der Waals surface area contributed by atoms with Gasteiger partial charge in [-0.25, -0.2) is 4.98 Å². The van der Waals surface area contributed by atoms with Crippen molar-refractivity contribution in [3.8, 4) is 5.75 Å². The van der Waals surface area contributed by atoms with Crippen molar-refractivity contribution < 1.29 is 4.74 Å². The van der Waals surface area contributed by atoms with Crippen LogP contribution in [0.4, 0.5) is 0 Å². The summed E-state index contributed by atoms with van der Waals surface area (Å²) in [7, 11) is 1.68. The lowest BCUT2D eigenvalue weighted by Gasteiger charge is -2.05. The normalized spacial score (nSPS) is 10.4. The summed E-state index contributed by atoms with van der Waals surface area (Å²) in [5, 5.41) is 1.99. The summed E-state index contributed by atoms with van der Waals surface area (Å²) in [4.78, 5) is 4.24. The molecule has 0 radical (unpaired) electrons. The van der Waals surface area contributed by atoms with E-state index in [1.807, 2.05) is 29.8 Å². The fraction of sp³-hybridized carbons (Fsp3) is 0.182. The molecule has 1 heterocycles. The molecular formula is C11H10BrNOS2. The monoisotopic (exact) mass is 315 g/mol. The zero-order valence-corrected chi connectivity index (χ0v) is 11.9. The summed E-state index contributed by atoms with van der Waals surface area (Å²) in [6.45, 7) is 0. The topological polar surface area (TPSA) is 22.1 Å². The Bertz CT molecular complexity index is 459. The first kappa shape index (κ1) is 12.0. The van der Waals surface area contributed by atoms with E-state index < -0.39 is 0 Å². The molecule has 84 valence electrons. The van der Waals surface area contributed by atoms with E-state index in [0.717, 1.165) is 20.3 Å². The maximum Gasteiger partial charge on any atom is 0.150 e. The number of hydrogen-bond donors (Lipinski definition) is 0. The van der Waals surface area contributed by atoms with E-state index in [2.05, 4.69) is 20.9 Å². The van der Waals surface area contributed by atoms with E-state index in [1.54, 1.807) is 30.2 Å². The number of nitrogens with zero attached hydrogens (tertiary/aromatic N) is 1. The summed E-state index contributed by atoms with van der Waals surface area (Å²) in [6, 6.07) is 6.00. The van der Waals surface area contributed by atoms with Crippen molar-refractivity contribution in [2.75, 3.05) is 7.11 Å². The Labute approximate surface area is 111 Å². The van der Waals surface area contributed by atoms with E-state index in [1.165, 1.54) is 5.56 Å². The number of hydrogen-bond acceptors (Lipinski definition) is 4. The summed E-state index contributed by atoms with van der Waals surface area (Å²) < 4.78 is 7.40. The van der Waals surface area contributed by atoms with Gasteiger partial charge in [-0.2, -0.15) is 0 Å². The number of rotatable bonds is 4. The Morgan fingerprint density at radius 3 is 3.06 bits per heavy atom. The lowest BCUT2D eigenvalue weighted by molar-refractivity contribution is 0.414. The van der Waals surface area contributed by atoms with Crippen molar-refractivity contribution in [1.82, 2.24) is 4.98 Å². The van der Waals surface area contributed by atoms with Crippen molar-refractivity contribution in [3.05, 3.63) is 39.8 Å². The minimum Gasteiger partial charge on any atom is -0.497 e. The zero-order chi connectivity index (χ0) is 11.4. The highest BCUT2D eigenvalue weighted by Gasteiger charge is 2.04. The third kappa shape index (κ3) is 2.99. The number of methoxy groups -OCH3 is 1. The molecule has 0 aliphatic heterocycles.